The minimum atomic E-state index is -0.876. The number of nitrogens with zero attached hydrogens (tertiary/aromatic N) is 2. The van der Waals surface area contributed by atoms with Crippen LogP contribution in [0.25, 0.3) is 0 Å². The Morgan fingerprint density at radius 3 is 2.50 bits per heavy atom. The van der Waals surface area contributed by atoms with Crippen LogP contribution < -0.4 is 10.6 Å². The Bertz CT molecular complexity index is 1370. The Kier molecular flexibility index (Phi) is 7.66. The molecule has 0 aliphatic carbocycles. The monoisotopic (exact) mass is 502 g/mol. The smallest absolute Gasteiger partial charge is 0.254 e. The molecular weight excluding hydrogens is 479 g/mol. The first-order valence-electron chi connectivity index (χ1n) is 11.1. The first-order chi connectivity index (χ1) is 17.4. The Balaban J connectivity index is 1.59. The van der Waals surface area contributed by atoms with E-state index in [1.54, 1.807) is 25.1 Å². The van der Waals surface area contributed by atoms with E-state index in [9.17, 15) is 19.2 Å². The van der Waals surface area contributed by atoms with E-state index in [1.165, 1.54) is 24.5 Å². The molecule has 2 heterocycles. The summed E-state index contributed by atoms with van der Waals surface area (Å²) < 4.78 is 19.8. The van der Waals surface area contributed by atoms with Crippen LogP contribution in [0, 0.1) is 30.0 Å². The number of amides is 2. The highest BCUT2D eigenvalue weighted by Gasteiger charge is 2.40. The van der Waals surface area contributed by atoms with Gasteiger partial charge in [0.25, 0.3) is 5.91 Å². The molecule has 0 fully saturated rings. The van der Waals surface area contributed by atoms with Crippen LogP contribution >= 0.6 is 11.8 Å². The van der Waals surface area contributed by atoms with Gasteiger partial charge in [0.15, 0.2) is 0 Å². The van der Waals surface area contributed by atoms with Crippen molar-refractivity contribution in [2.75, 3.05) is 16.4 Å². The van der Waals surface area contributed by atoms with Crippen molar-refractivity contribution in [1.29, 1.82) is 5.26 Å². The molecule has 3 aromatic rings. The average molecular weight is 503 g/mol. The Labute approximate surface area is 212 Å². The molecular formula is C27H23FN4O3S. The number of aliphatic imine (C=N–C) groups is 1. The third-order valence-electron chi connectivity index (χ3n) is 5.62. The molecule has 7 nitrogen and oxygen atoms in total. The maximum atomic E-state index is 14.2. The lowest BCUT2D eigenvalue weighted by Gasteiger charge is -2.28. The molecule has 36 heavy (non-hydrogen) atoms. The fraction of sp³-hybridized carbons (Fsp3) is 0.185. The zero-order chi connectivity index (χ0) is 25.7. The van der Waals surface area contributed by atoms with Crippen molar-refractivity contribution in [1.82, 2.24) is 0 Å². The first-order valence-corrected chi connectivity index (χ1v) is 12.1. The van der Waals surface area contributed by atoms with Crippen molar-refractivity contribution in [2.24, 2.45) is 10.9 Å². The van der Waals surface area contributed by atoms with Crippen LogP contribution in [0.1, 0.15) is 24.2 Å². The summed E-state index contributed by atoms with van der Waals surface area (Å²) in [4.78, 5) is 30.3. The highest BCUT2D eigenvalue weighted by molar-refractivity contribution is 8.14. The lowest BCUT2D eigenvalue weighted by atomic mass is 9.81. The van der Waals surface area contributed by atoms with Crippen LogP contribution in [0.2, 0.25) is 0 Å². The highest BCUT2D eigenvalue weighted by atomic mass is 32.2. The number of nitrogens with one attached hydrogen (secondary N) is 2. The Morgan fingerprint density at radius 1 is 1.08 bits per heavy atom. The van der Waals surface area contributed by atoms with E-state index >= 15 is 0 Å². The number of allylic oxidation sites excluding steroid dienone is 1. The number of hydrogen-bond acceptors (Lipinski definition) is 6. The van der Waals surface area contributed by atoms with Crippen LogP contribution in [-0.2, 0) is 9.59 Å². The van der Waals surface area contributed by atoms with E-state index < -0.39 is 23.6 Å². The molecule has 0 saturated heterocycles. The van der Waals surface area contributed by atoms with Gasteiger partial charge in [-0.25, -0.2) is 9.38 Å². The van der Waals surface area contributed by atoms with Gasteiger partial charge in [-0.05, 0) is 50.2 Å². The third kappa shape index (κ3) is 5.56. The lowest BCUT2D eigenvalue weighted by molar-refractivity contribution is -0.114. The number of thioether (sulfide) groups is 1. The number of carbonyl (C=O) groups excluding carboxylic acids is 2. The minimum absolute atomic E-state index is 0.0198. The van der Waals surface area contributed by atoms with Crippen molar-refractivity contribution in [2.45, 2.75) is 19.8 Å². The number of aryl methyl sites for hydroxylation is 1. The summed E-state index contributed by atoms with van der Waals surface area (Å²) in [6, 6.07) is 18.8. The fourth-order valence-electron chi connectivity index (χ4n) is 3.89. The number of nitriles is 1. The zero-order valence-corrected chi connectivity index (χ0v) is 20.4. The summed E-state index contributed by atoms with van der Waals surface area (Å²) in [5, 5.41) is 15.9. The van der Waals surface area contributed by atoms with Gasteiger partial charge >= 0.3 is 0 Å². The van der Waals surface area contributed by atoms with Gasteiger partial charge in [0.2, 0.25) is 5.91 Å². The number of hydrogen-bond donors (Lipinski definition) is 2. The molecule has 1 aromatic heterocycles. The minimum Gasteiger partial charge on any atom is -0.469 e. The van der Waals surface area contributed by atoms with Gasteiger partial charge in [-0.3, -0.25) is 9.59 Å². The molecule has 0 radical (unpaired) electrons. The number of benzene rings is 2. The number of carbonyl (C=O) groups is 2. The van der Waals surface area contributed by atoms with Gasteiger partial charge in [-0.2, -0.15) is 5.26 Å². The van der Waals surface area contributed by atoms with Gasteiger partial charge in [0.05, 0.1) is 40.3 Å². The molecule has 1 aliphatic heterocycles. The summed E-state index contributed by atoms with van der Waals surface area (Å²) in [5.41, 5.74) is 2.33. The summed E-state index contributed by atoms with van der Waals surface area (Å²) in [6.07, 6.45) is 1.46. The zero-order valence-electron chi connectivity index (χ0n) is 19.6. The van der Waals surface area contributed by atoms with Gasteiger partial charge in [0, 0.05) is 11.4 Å². The molecule has 4 rings (SSSR count). The molecule has 2 aromatic carbocycles. The first kappa shape index (κ1) is 24.9. The highest BCUT2D eigenvalue weighted by Crippen LogP contribution is 2.41. The normalized spacial score (nSPS) is 17.2. The molecule has 1 aliphatic rings. The average Bonchev–Trinajstić information content (AvgIpc) is 3.39. The summed E-state index contributed by atoms with van der Waals surface area (Å²) in [7, 11) is 0. The molecule has 2 amide bonds. The van der Waals surface area contributed by atoms with Crippen LogP contribution in [0.3, 0.4) is 0 Å². The van der Waals surface area contributed by atoms with Crippen LogP contribution in [0.5, 0.6) is 0 Å². The molecule has 9 heteroatoms. The number of halogens is 1. The van der Waals surface area contributed by atoms with Crippen LogP contribution in [0.4, 0.5) is 15.8 Å². The number of rotatable bonds is 6. The predicted octanol–water partition coefficient (Wildman–Crippen LogP) is 5.65. The van der Waals surface area contributed by atoms with Crippen molar-refractivity contribution >= 4 is 40.0 Å². The molecule has 182 valence electrons. The Morgan fingerprint density at radius 2 is 1.83 bits per heavy atom. The third-order valence-corrected chi connectivity index (χ3v) is 6.67. The second kappa shape index (κ2) is 11.1. The van der Waals surface area contributed by atoms with E-state index in [0.717, 1.165) is 17.3 Å². The number of para-hydroxylation sites is 1. The van der Waals surface area contributed by atoms with E-state index in [4.69, 9.17) is 4.42 Å². The topological polar surface area (TPSA) is 107 Å². The van der Waals surface area contributed by atoms with Crippen molar-refractivity contribution in [3.63, 3.8) is 0 Å². The van der Waals surface area contributed by atoms with Crippen molar-refractivity contribution < 1.29 is 18.4 Å². The second-order valence-electron chi connectivity index (χ2n) is 8.19. The van der Waals surface area contributed by atoms with Gasteiger partial charge in [-0.1, -0.05) is 41.6 Å². The maximum Gasteiger partial charge on any atom is 0.254 e. The molecule has 0 saturated carbocycles. The standard InChI is InChI=1S/C27H23FN4O3S/c1-16-9-11-18(12-10-16)31-23(33)15-36-27-19(14-29)25(22-8-5-13-35-22)24(17(2)30-27)26(34)32-21-7-4-3-6-20(21)28/h3-13,19,25H,15H2,1-2H3,(H,31,33)(H,32,34)/t19?,25-/m0/s1. The molecule has 2 N–H and O–H groups in total. The second-order valence-corrected chi connectivity index (χ2v) is 9.18. The van der Waals surface area contributed by atoms with Gasteiger partial charge < -0.3 is 15.1 Å². The SMILES string of the molecule is CC1=C(C(=O)Nc2ccccc2F)[C@H](c2ccco2)C(C#N)C(SCC(=O)Nc2ccc(C)cc2)=N1. The van der Waals surface area contributed by atoms with Crippen molar-refractivity contribution in [3.05, 3.63) is 95.3 Å². The number of furan rings is 1. The Hall–Kier alpha value is -4.16. The molecule has 0 spiro atoms. The predicted molar refractivity (Wildman–Crippen MR) is 138 cm³/mol. The molecule has 1 unspecified atom stereocenters. The molecule has 0 bridgehead atoms. The molecule has 2 atom stereocenters. The summed E-state index contributed by atoms with van der Waals surface area (Å²) in [5.74, 6) is -2.64. The largest absolute Gasteiger partial charge is 0.469 e. The number of anilines is 2. The van der Waals surface area contributed by atoms with Crippen molar-refractivity contribution in [3.8, 4) is 6.07 Å². The lowest BCUT2D eigenvalue weighted by Crippen LogP contribution is -2.31. The van der Waals surface area contributed by atoms with E-state index in [1.807, 2.05) is 31.2 Å². The van der Waals surface area contributed by atoms with Crippen LogP contribution in [0.15, 0.2) is 87.6 Å². The van der Waals surface area contributed by atoms with E-state index in [0.29, 0.717) is 22.2 Å². The maximum absolute atomic E-state index is 14.2. The van der Waals surface area contributed by atoms with E-state index in [2.05, 4.69) is 21.7 Å². The van der Waals surface area contributed by atoms with Gasteiger partial charge in [0.1, 0.15) is 17.5 Å². The fourth-order valence-corrected chi connectivity index (χ4v) is 4.81. The van der Waals surface area contributed by atoms with E-state index in [-0.39, 0.29) is 22.9 Å². The van der Waals surface area contributed by atoms with Crippen LogP contribution in [-0.4, -0.2) is 22.6 Å². The van der Waals surface area contributed by atoms with Gasteiger partial charge in [-0.15, -0.1) is 0 Å². The summed E-state index contributed by atoms with van der Waals surface area (Å²) >= 11 is 1.13. The quantitative estimate of drug-likeness (QED) is 0.453. The summed E-state index contributed by atoms with van der Waals surface area (Å²) in [6.45, 7) is 3.60.